The van der Waals surface area contributed by atoms with Crippen LogP contribution < -0.4 is 5.32 Å². The average molecular weight is 361 g/mol. The number of carbonyl (C=O) groups is 1. The zero-order valence-electron chi connectivity index (χ0n) is 15.7. The Balaban J connectivity index is 1.47. The number of amides is 1. The van der Waals surface area contributed by atoms with Gasteiger partial charge in [0.2, 0.25) is 0 Å². The number of carbonyl (C=O) groups excluding carboxylic acids is 1. The Hall–Kier alpha value is -2.95. The summed E-state index contributed by atoms with van der Waals surface area (Å²) in [6, 6.07) is 12.2. The third-order valence-electron chi connectivity index (χ3n) is 6.19. The van der Waals surface area contributed by atoms with Gasteiger partial charge >= 0.3 is 0 Å². The Kier molecular flexibility index (Phi) is 3.47. The van der Waals surface area contributed by atoms with Crippen molar-refractivity contribution in [2.45, 2.75) is 32.2 Å². The maximum Gasteiger partial charge on any atom is 0.289 e. The summed E-state index contributed by atoms with van der Waals surface area (Å²) in [5, 5.41) is 3.83. The van der Waals surface area contributed by atoms with Crippen molar-refractivity contribution in [3.05, 3.63) is 71.4 Å². The Morgan fingerprint density at radius 3 is 2.67 bits per heavy atom. The Bertz CT molecular complexity index is 1010. The van der Waals surface area contributed by atoms with E-state index in [1.807, 2.05) is 4.90 Å². The lowest BCUT2D eigenvalue weighted by Crippen LogP contribution is -2.51. The third kappa shape index (κ3) is 2.34. The van der Waals surface area contributed by atoms with E-state index < -0.39 is 0 Å². The molecule has 5 rings (SSSR count). The molecule has 3 aromatic rings. The standard InChI is InChI=1S/C22H23N3O2/c1-15-7-8-17-20(16(15)2)25-11-3-6-19(25)22(23-17)9-12-24(13-10-22)21(26)18-5-4-14-27-18/h3-8,11,14,23H,9-10,12-13H2,1-2H3. The summed E-state index contributed by atoms with van der Waals surface area (Å²) < 4.78 is 7.62. The highest BCUT2D eigenvalue weighted by atomic mass is 16.3. The fourth-order valence-electron chi connectivity index (χ4n) is 4.53. The minimum absolute atomic E-state index is 0.0205. The van der Waals surface area contributed by atoms with Gasteiger partial charge in [-0.1, -0.05) is 6.07 Å². The van der Waals surface area contributed by atoms with E-state index >= 15 is 0 Å². The molecule has 0 radical (unpaired) electrons. The summed E-state index contributed by atoms with van der Waals surface area (Å²) >= 11 is 0. The Morgan fingerprint density at radius 2 is 1.93 bits per heavy atom. The summed E-state index contributed by atoms with van der Waals surface area (Å²) in [6.07, 6.45) is 5.45. The predicted molar refractivity (Wildman–Crippen MR) is 104 cm³/mol. The van der Waals surface area contributed by atoms with E-state index in [0.717, 1.165) is 12.8 Å². The maximum atomic E-state index is 12.6. The van der Waals surface area contributed by atoms with Crippen LogP contribution in [0.4, 0.5) is 5.69 Å². The first-order valence-corrected chi connectivity index (χ1v) is 9.48. The number of hydrogen-bond acceptors (Lipinski definition) is 3. The van der Waals surface area contributed by atoms with Crippen molar-refractivity contribution in [2.24, 2.45) is 0 Å². The number of aryl methyl sites for hydroxylation is 1. The van der Waals surface area contributed by atoms with Crippen LogP contribution in [0.1, 0.15) is 40.2 Å². The molecule has 1 amide bonds. The van der Waals surface area contributed by atoms with Crippen LogP contribution in [0.2, 0.25) is 0 Å². The van der Waals surface area contributed by atoms with Crippen molar-refractivity contribution < 1.29 is 9.21 Å². The Morgan fingerprint density at radius 1 is 1.11 bits per heavy atom. The normalized spacial score (nSPS) is 17.3. The predicted octanol–water partition coefficient (Wildman–Crippen LogP) is 4.24. The summed E-state index contributed by atoms with van der Waals surface area (Å²) in [5.41, 5.74) is 6.16. The number of furan rings is 1. The van der Waals surface area contributed by atoms with Crippen molar-refractivity contribution >= 4 is 11.6 Å². The van der Waals surface area contributed by atoms with Gasteiger partial charge in [0.1, 0.15) is 0 Å². The van der Waals surface area contributed by atoms with Gasteiger partial charge in [0.15, 0.2) is 5.76 Å². The molecular weight excluding hydrogens is 338 g/mol. The largest absolute Gasteiger partial charge is 0.459 e. The van der Waals surface area contributed by atoms with Crippen LogP contribution in [0.3, 0.4) is 0 Å². The van der Waals surface area contributed by atoms with Gasteiger partial charge < -0.3 is 19.2 Å². The number of aromatic nitrogens is 1. The van der Waals surface area contributed by atoms with Gasteiger partial charge in [-0.05, 0) is 68.1 Å². The molecule has 1 fully saturated rings. The lowest BCUT2D eigenvalue weighted by Gasteiger charge is -2.46. The molecule has 2 aliphatic rings. The average Bonchev–Trinajstić information content (AvgIpc) is 3.37. The minimum atomic E-state index is -0.141. The molecule has 0 aliphatic carbocycles. The van der Waals surface area contributed by atoms with Crippen molar-refractivity contribution in [1.82, 2.24) is 9.47 Å². The molecule has 0 saturated carbocycles. The van der Waals surface area contributed by atoms with Crippen LogP contribution in [-0.2, 0) is 5.54 Å². The third-order valence-corrected chi connectivity index (χ3v) is 6.19. The zero-order chi connectivity index (χ0) is 18.6. The van der Waals surface area contributed by atoms with E-state index in [1.54, 1.807) is 18.4 Å². The highest BCUT2D eigenvalue weighted by Crippen LogP contribution is 2.44. The topological polar surface area (TPSA) is 50.4 Å². The highest BCUT2D eigenvalue weighted by molar-refractivity contribution is 5.91. The van der Waals surface area contributed by atoms with E-state index in [-0.39, 0.29) is 11.4 Å². The van der Waals surface area contributed by atoms with Crippen LogP contribution in [0, 0.1) is 13.8 Å². The van der Waals surface area contributed by atoms with Gasteiger partial charge in [0.25, 0.3) is 5.91 Å². The number of benzene rings is 1. The summed E-state index contributed by atoms with van der Waals surface area (Å²) in [4.78, 5) is 14.5. The van der Waals surface area contributed by atoms with Gasteiger partial charge in [0, 0.05) is 25.0 Å². The molecular formula is C22H23N3O2. The fraction of sp³-hybridized carbons (Fsp3) is 0.318. The van der Waals surface area contributed by atoms with E-state index in [9.17, 15) is 4.79 Å². The first-order valence-electron chi connectivity index (χ1n) is 9.48. The second-order valence-electron chi connectivity index (χ2n) is 7.64. The van der Waals surface area contributed by atoms with Crippen molar-refractivity contribution in [3.8, 4) is 5.69 Å². The number of nitrogens with zero attached hydrogens (tertiary/aromatic N) is 2. The number of piperidine rings is 1. The molecule has 1 aromatic carbocycles. The number of hydrogen-bond donors (Lipinski definition) is 1. The van der Waals surface area contributed by atoms with Gasteiger partial charge in [-0.25, -0.2) is 0 Å². The maximum absolute atomic E-state index is 12.6. The fourth-order valence-corrected chi connectivity index (χ4v) is 4.53. The van der Waals surface area contributed by atoms with Crippen LogP contribution in [-0.4, -0.2) is 28.5 Å². The molecule has 1 N–H and O–H groups in total. The number of nitrogens with one attached hydrogen (secondary N) is 1. The van der Waals surface area contributed by atoms with E-state index in [2.05, 4.69) is 54.2 Å². The van der Waals surface area contributed by atoms with Crippen molar-refractivity contribution in [3.63, 3.8) is 0 Å². The molecule has 0 atom stereocenters. The van der Waals surface area contributed by atoms with Crippen LogP contribution in [0.5, 0.6) is 0 Å². The van der Waals surface area contributed by atoms with Crippen LogP contribution in [0.25, 0.3) is 5.69 Å². The first-order chi connectivity index (χ1) is 13.1. The number of rotatable bonds is 1. The molecule has 5 heteroatoms. The minimum Gasteiger partial charge on any atom is -0.459 e. The molecule has 2 aliphatic heterocycles. The second-order valence-corrected chi connectivity index (χ2v) is 7.64. The molecule has 5 nitrogen and oxygen atoms in total. The number of likely N-dealkylation sites (tertiary alicyclic amines) is 1. The quantitative estimate of drug-likeness (QED) is 0.705. The number of fused-ring (bicyclic) bond motifs is 4. The van der Waals surface area contributed by atoms with Crippen LogP contribution in [0.15, 0.2) is 53.3 Å². The molecule has 0 unspecified atom stereocenters. The molecule has 138 valence electrons. The van der Waals surface area contributed by atoms with Crippen molar-refractivity contribution in [2.75, 3.05) is 18.4 Å². The molecule has 1 spiro atoms. The summed E-state index contributed by atoms with van der Waals surface area (Å²) in [5.74, 6) is 0.398. The van der Waals surface area contributed by atoms with Gasteiger partial charge in [0.05, 0.1) is 23.2 Å². The molecule has 4 heterocycles. The van der Waals surface area contributed by atoms with E-state index in [4.69, 9.17) is 4.42 Å². The van der Waals surface area contributed by atoms with E-state index in [0.29, 0.717) is 18.8 Å². The van der Waals surface area contributed by atoms with E-state index in [1.165, 1.54) is 28.2 Å². The van der Waals surface area contributed by atoms with Crippen LogP contribution >= 0.6 is 0 Å². The molecule has 27 heavy (non-hydrogen) atoms. The highest BCUT2D eigenvalue weighted by Gasteiger charge is 2.43. The van der Waals surface area contributed by atoms with Gasteiger partial charge in [-0.15, -0.1) is 0 Å². The first kappa shape index (κ1) is 16.2. The SMILES string of the molecule is Cc1ccc2c(c1C)-n1cccc1C1(CCN(C(=O)c3ccco3)CC1)N2. The zero-order valence-corrected chi connectivity index (χ0v) is 15.7. The molecule has 0 bridgehead atoms. The molecule has 2 aromatic heterocycles. The lowest BCUT2D eigenvalue weighted by molar-refractivity contribution is 0.0644. The van der Waals surface area contributed by atoms with Gasteiger partial charge in [-0.2, -0.15) is 0 Å². The lowest BCUT2D eigenvalue weighted by atomic mass is 9.82. The number of anilines is 1. The molecule has 1 saturated heterocycles. The van der Waals surface area contributed by atoms with Crippen molar-refractivity contribution in [1.29, 1.82) is 0 Å². The summed E-state index contributed by atoms with van der Waals surface area (Å²) in [7, 11) is 0. The Labute approximate surface area is 158 Å². The van der Waals surface area contributed by atoms with Gasteiger partial charge in [-0.3, -0.25) is 4.79 Å². The monoisotopic (exact) mass is 361 g/mol. The summed E-state index contributed by atoms with van der Waals surface area (Å²) in [6.45, 7) is 5.75. The second kappa shape index (κ2) is 5.78. The smallest absolute Gasteiger partial charge is 0.289 e.